The lowest BCUT2D eigenvalue weighted by atomic mass is 10.2. The minimum Gasteiger partial charge on any atom is -0.497 e. The van der Waals surface area contributed by atoms with Crippen molar-refractivity contribution >= 4 is 0 Å². The van der Waals surface area contributed by atoms with Crippen LogP contribution in [0.1, 0.15) is 12.0 Å². The molecule has 1 atom stereocenters. The molecule has 0 radical (unpaired) electrons. The average Bonchev–Trinajstić information content (AvgIpc) is 2.80. The molecule has 0 unspecified atom stereocenters. The molecule has 0 saturated carbocycles. The van der Waals surface area contributed by atoms with E-state index in [4.69, 9.17) is 9.47 Å². The zero-order valence-corrected chi connectivity index (χ0v) is 9.03. The van der Waals surface area contributed by atoms with Crippen molar-refractivity contribution in [2.75, 3.05) is 20.3 Å². The highest BCUT2D eigenvalue weighted by molar-refractivity contribution is 5.27. The van der Waals surface area contributed by atoms with Crippen molar-refractivity contribution < 1.29 is 9.47 Å². The van der Waals surface area contributed by atoms with Crippen molar-refractivity contribution in [2.45, 2.75) is 19.0 Å². The first-order chi connectivity index (χ1) is 7.38. The van der Waals surface area contributed by atoms with Crippen molar-refractivity contribution in [2.24, 2.45) is 0 Å². The molecule has 1 aliphatic heterocycles. The van der Waals surface area contributed by atoms with Crippen LogP contribution in [0, 0.1) is 0 Å². The third-order valence-electron chi connectivity index (χ3n) is 2.68. The van der Waals surface area contributed by atoms with Crippen LogP contribution < -0.4 is 10.1 Å². The van der Waals surface area contributed by atoms with Crippen molar-refractivity contribution in [3.8, 4) is 5.75 Å². The second-order valence-electron chi connectivity index (χ2n) is 3.79. The first-order valence-electron chi connectivity index (χ1n) is 5.32. The normalized spacial score (nSPS) is 20.5. The maximum absolute atomic E-state index is 5.30. The number of benzene rings is 1. The predicted molar refractivity (Wildman–Crippen MR) is 59.1 cm³/mol. The molecular formula is C12H17NO2. The third kappa shape index (κ3) is 2.94. The molecule has 2 rings (SSSR count). The molecule has 1 fully saturated rings. The van der Waals surface area contributed by atoms with E-state index in [0.29, 0.717) is 6.04 Å². The zero-order chi connectivity index (χ0) is 10.5. The summed E-state index contributed by atoms with van der Waals surface area (Å²) in [5.41, 5.74) is 1.28. The van der Waals surface area contributed by atoms with E-state index in [9.17, 15) is 0 Å². The van der Waals surface area contributed by atoms with Gasteiger partial charge in [-0.1, -0.05) is 12.1 Å². The van der Waals surface area contributed by atoms with Gasteiger partial charge in [0.25, 0.3) is 0 Å². The van der Waals surface area contributed by atoms with E-state index in [1.54, 1.807) is 7.11 Å². The summed E-state index contributed by atoms with van der Waals surface area (Å²) in [4.78, 5) is 0. The molecule has 3 heteroatoms. The summed E-state index contributed by atoms with van der Waals surface area (Å²) in [6.07, 6.45) is 1.12. The summed E-state index contributed by atoms with van der Waals surface area (Å²) >= 11 is 0. The van der Waals surface area contributed by atoms with Crippen LogP contribution in [-0.4, -0.2) is 26.4 Å². The topological polar surface area (TPSA) is 30.5 Å². The quantitative estimate of drug-likeness (QED) is 0.813. The molecule has 0 amide bonds. The minimum absolute atomic E-state index is 0.520. The summed E-state index contributed by atoms with van der Waals surface area (Å²) in [5.74, 6) is 0.906. The molecule has 3 nitrogen and oxygen atoms in total. The summed E-state index contributed by atoms with van der Waals surface area (Å²) in [5, 5.41) is 3.47. The number of hydrogen-bond acceptors (Lipinski definition) is 3. The summed E-state index contributed by atoms with van der Waals surface area (Å²) in [7, 11) is 1.68. The van der Waals surface area contributed by atoms with E-state index in [-0.39, 0.29) is 0 Å². The van der Waals surface area contributed by atoms with E-state index in [2.05, 4.69) is 17.4 Å². The standard InChI is InChI=1S/C12H17NO2/c1-14-12-4-2-10(3-5-12)8-13-11-6-7-15-9-11/h2-5,11,13H,6-9H2,1H3/t11-/m0/s1. The minimum atomic E-state index is 0.520. The van der Waals surface area contributed by atoms with Crippen LogP contribution in [0.25, 0.3) is 0 Å². The van der Waals surface area contributed by atoms with E-state index in [0.717, 1.165) is 31.9 Å². The van der Waals surface area contributed by atoms with Crippen LogP contribution in [0.15, 0.2) is 24.3 Å². The molecule has 82 valence electrons. The molecule has 0 spiro atoms. The van der Waals surface area contributed by atoms with Gasteiger partial charge in [-0.2, -0.15) is 0 Å². The van der Waals surface area contributed by atoms with Gasteiger partial charge in [0.15, 0.2) is 0 Å². The molecule has 1 aromatic carbocycles. The van der Waals surface area contributed by atoms with E-state index in [1.165, 1.54) is 5.56 Å². The summed E-state index contributed by atoms with van der Waals surface area (Å²) in [6, 6.07) is 8.67. The van der Waals surface area contributed by atoms with E-state index < -0.39 is 0 Å². The van der Waals surface area contributed by atoms with Crippen LogP contribution >= 0.6 is 0 Å². The fourth-order valence-corrected chi connectivity index (χ4v) is 1.70. The number of methoxy groups -OCH3 is 1. The second-order valence-corrected chi connectivity index (χ2v) is 3.79. The Hall–Kier alpha value is -1.06. The average molecular weight is 207 g/mol. The lowest BCUT2D eigenvalue weighted by Gasteiger charge is -2.10. The Morgan fingerprint density at radius 3 is 2.80 bits per heavy atom. The van der Waals surface area contributed by atoms with Gasteiger partial charge >= 0.3 is 0 Å². The van der Waals surface area contributed by atoms with Gasteiger partial charge in [0.1, 0.15) is 5.75 Å². The van der Waals surface area contributed by atoms with Crippen molar-refractivity contribution in [3.05, 3.63) is 29.8 Å². The van der Waals surface area contributed by atoms with Gasteiger partial charge in [-0.15, -0.1) is 0 Å². The SMILES string of the molecule is COc1ccc(CN[C@H]2CCOC2)cc1. The Kier molecular flexibility index (Phi) is 3.59. The van der Waals surface area contributed by atoms with Gasteiger partial charge < -0.3 is 14.8 Å². The molecule has 0 aliphatic carbocycles. The van der Waals surface area contributed by atoms with Crippen molar-refractivity contribution in [1.29, 1.82) is 0 Å². The lowest BCUT2D eigenvalue weighted by Crippen LogP contribution is -2.28. The third-order valence-corrected chi connectivity index (χ3v) is 2.68. The van der Waals surface area contributed by atoms with Gasteiger partial charge in [-0.3, -0.25) is 0 Å². The summed E-state index contributed by atoms with van der Waals surface area (Å²) in [6.45, 7) is 2.63. The first-order valence-corrected chi connectivity index (χ1v) is 5.32. The highest BCUT2D eigenvalue weighted by Crippen LogP contribution is 2.12. The van der Waals surface area contributed by atoms with Crippen molar-refractivity contribution in [3.63, 3.8) is 0 Å². The van der Waals surface area contributed by atoms with E-state index >= 15 is 0 Å². The maximum atomic E-state index is 5.30. The molecule has 0 aromatic heterocycles. The number of nitrogens with one attached hydrogen (secondary N) is 1. The number of rotatable bonds is 4. The molecule has 1 saturated heterocycles. The van der Waals surface area contributed by atoms with Gasteiger partial charge in [-0.05, 0) is 24.1 Å². The zero-order valence-electron chi connectivity index (χ0n) is 9.03. The number of ether oxygens (including phenoxy) is 2. The highest BCUT2D eigenvalue weighted by Gasteiger charge is 2.14. The largest absolute Gasteiger partial charge is 0.497 e. The molecule has 0 bridgehead atoms. The summed E-state index contributed by atoms with van der Waals surface area (Å²) < 4.78 is 10.4. The first kappa shape index (κ1) is 10.5. The Morgan fingerprint density at radius 1 is 1.40 bits per heavy atom. The van der Waals surface area contributed by atoms with Gasteiger partial charge in [-0.25, -0.2) is 0 Å². The lowest BCUT2D eigenvalue weighted by molar-refractivity contribution is 0.190. The van der Waals surface area contributed by atoms with Gasteiger partial charge in [0, 0.05) is 19.2 Å². The molecule has 1 aromatic rings. The molecule has 1 heterocycles. The second kappa shape index (κ2) is 5.14. The Balaban J connectivity index is 1.82. The fourth-order valence-electron chi connectivity index (χ4n) is 1.70. The van der Waals surface area contributed by atoms with Crippen LogP contribution in [0.3, 0.4) is 0 Å². The Bertz CT molecular complexity index is 291. The predicted octanol–water partition coefficient (Wildman–Crippen LogP) is 1.57. The highest BCUT2D eigenvalue weighted by atomic mass is 16.5. The fraction of sp³-hybridized carbons (Fsp3) is 0.500. The maximum Gasteiger partial charge on any atom is 0.118 e. The molecule has 1 aliphatic rings. The monoisotopic (exact) mass is 207 g/mol. The smallest absolute Gasteiger partial charge is 0.118 e. The number of hydrogen-bond donors (Lipinski definition) is 1. The van der Waals surface area contributed by atoms with Crippen LogP contribution in [0.2, 0.25) is 0 Å². The van der Waals surface area contributed by atoms with Crippen LogP contribution in [0.4, 0.5) is 0 Å². The van der Waals surface area contributed by atoms with Crippen molar-refractivity contribution in [1.82, 2.24) is 5.32 Å². The van der Waals surface area contributed by atoms with Crippen LogP contribution in [-0.2, 0) is 11.3 Å². The Labute approximate surface area is 90.4 Å². The van der Waals surface area contributed by atoms with Gasteiger partial charge in [0.2, 0.25) is 0 Å². The van der Waals surface area contributed by atoms with E-state index in [1.807, 2.05) is 12.1 Å². The molecular weight excluding hydrogens is 190 g/mol. The molecule has 15 heavy (non-hydrogen) atoms. The Morgan fingerprint density at radius 2 is 2.20 bits per heavy atom. The van der Waals surface area contributed by atoms with Gasteiger partial charge in [0.05, 0.1) is 13.7 Å². The van der Waals surface area contributed by atoms with Crippen LogP contribution in [0.5, 0.6) is 5.75 Å². The molecule has 1 N–H and O–H groups in total.